The summed E-state index contributed by atoms with van der Waals surface area (Å²) in [5, 5.41) is 2.89. The molecule has 0 aliphatic heterocycles. The fourth-order valence-electron chi connectivity index (χ4n) is 1.78. The molecule has 3 nitrogen and oxygen atoms in total. The molecule has 0 aliphatic carbocycles. The van der Waals surface area contributed by atoms with Crippen LogP contribution in [0.2, 0.25) is 0 Å². The Labute approximate surface area is 102 Å². The third-order valence-corrected chi connectivity index (χ3v) is 2.56. The number of hydrogen-bond acceptors (Lipinski definition) is 2. The van der Waals surface area contributed by atoms with Crippen molar-refractivity contribution in [3.05, 3.63) is 35.9 Å². The molecule has 1 aromatic carbocycles. The summed E-state index contributed by atoms with van der Waals surface area (Å²) >= 11 is 0. The van der Waals surface area contributed by atoms with Crippen molar-refractivity contribution in [1.82, 2.24) is 5.32 Å². The molecule has 92 valence electrons. The van der Waals surface area contributed by atoms with Crippen LogP contribution in [0.5, 0.6) is 0 Å². The van der Waals surface area contributed by atoms with Crippen LogP contribution in [0.1, 0.15) is 37.6 Å². The van der Waals surface area contributed by atoms with Gasteiger partial charge in [0.1, 0.15) is 6.29 Å². The highest BCUT2D eigenvalue weighted by molar-refractivity contribution is 5.94. The lowest BCUT2D eigenvalue weighted by atomic mass is 9.88. The molecule has 1 N–H and O–H groups in total. The van der Waals surface area contributed by atoms with Crippen LogP contribution in [0.3, 0.4) is 0 Å². The maximum Gasteiger partial charge on any atom is 0.251 e. The summed E-state index contributed by atoms with van der Waals surface area (Å²) in [6.07, 6.45) is 1.56. The number of rotatable bonds is 5. The number of hydrogen-bond donors (Lipinski definition) is 1. The van der Waals surface area contributed by atoms with E-state index in [0.717, 1.165) is 6.29 Å². The molecule has 0 aliphatic rings. The number of nitrogens with one attached hydrogen (secondary N) is 1. The molecule has 3 heteroatoms. The predicted octanol–water partition coefficient (Wildman–Crippen LogP) is 2.42. The lowest BCUT2D eigenvalue weighted by molar-refractivity contribution is -0.115. The van der Waals surface area contributed by atoms with E-state index in [1.54, 1.807) is 12.1 Å². The fourth-order valence-corrected chi connectivity index (χ4v) is 1.78. The molecule has 0 heterocycles. The molecule has 0 radical (unpaired) electrons. The van der Waals surface area contributed by atoms with Gasteiger partial charge in [0.2, 0.25) is 0 Å². The third-order valence-electron chi connectivity index (χ3n) is 2.56. The first-order chi connectivity index (χ1) is 7.94. The molecule has 17 heavy (non-hydrogen) atoms. The van der Waals surface area contributed by atoms with E-state index in [9.17, 15) is 9.59 Å². The van der Waals surface area contributed by atoms with Crippen molar-refractivity contribution in [3.63, 3.8) is 0 Å². The van der Waals surface area contributed by atoms with Gasteiger partial charge in [-0.3, -0.25) is 4.79 Å². The Balaban J connectivity index is 2.55. The van der Waals surface area contributed by atoms with Gasteiger partial charge in [0.05, 0.1) is 0 Å². The topological polar surface area (TPSA) is 46.2 Å². The predicted molar refractivity (Wildman–Crippen MR) is 67.8 cm³/mol. The van der Waals surface area contributed by atoms with Gasteiger partial charge in [-0.25, -0.2) is 0 Å². The smallest absolute Gasteiger partial charge is 0.251 e. The maximum atomic E-state index is 11.8. The first-order valence-corrected chi connectivity index (χ1v) is 5.77. The number of amides is 1. The standard InChI is InChI=1S/C14H19NO2/c1-11(9-14(2,3)10-16)15-13(17)12-7-5-4-6-8-12/h4-8,10-11H,9H2,1-3H3,(H,15,17). The average molecular weight is 233 g/mol. The van der Waals surface area contributed by atoms with Gasteiger partial charge in [-0.15, -0.1) is 0 Å². The van der Waals surface area contributed by atoms with Gasteiger partial charge in [-0.2, -0.15) is 0 Å². The quantitative estimate of drug-likeness (QED) is 0.794. The van der Waals surface area contributed by atoms with Gasteiger partial charge in [0.25, 0.3) is 5.91 Å². The van der Waals surface area contributed by atoms with Gasteiger partial charge in [0.15, 0.2) is 0 Å². The molecule has 0 spiro atoms. The van der Waals surface area contributed by atoms with E-state index in [4.69, 9.17) is 0 Å². The van der Waals surface area contributed by atoms with E-state index in [-0.39, 0.29) is 11.9 Å². The lowest BCUT2D eigenvalue weighted by Gasteiger charge is -2.22. The van der Waals surface area contributed by atoms with Gasteiger partial charge in [-0.05, 0) is 25.5 Å². The normalized spacial score (nSPS) is 12.9. The van der Waals surface area contributed by atoms with Crippen LogP contribution in [-0.2, 0) is 4.79 Å². The molecular formula is C14H19NO2. The number of carbonyl (C=O) groups is 2. The van der Waals surface area contributed by atoms with Crippen molar-refractivity contribution in [2.45, 2.75) is 33.2 Å². The summed E-state index contributed by atoms with van der Waals surface area (Å²) in [5.41, 5.74) is 0.242. The van der Waals surface area contributed by atoms with Gasteiger partial charge in [0, 0.05) is 17.0 Å². The summed E-state index contributed by atoms with van der Waals surface area (Å²) in [5.74, 6) is -0.0974. The van der Waals surface area contributed by atoms with Gasteiger partial charge < -0.3 is 10.1 Å². The molecular weight excluding hydrogens is 214 g/mol. The Morgan fingerprint density at radius 3 is 2.47 bits per heavy atom. The van der Waals surface area contributed by atoms with Crippen LogP contribution >= 0.6 is 0 Å². The second-order valence-electron chi connectivity index (χ2n) is 5.05. The molecule has 1 unspecified atom stereocenters. The zero-order valence-corrected chi connectivity index (χ0v) is 10.6. The molecule has 1 atom stereocenters. The monoisotopic (exact) mass is 233 g/mol. The van der Waals surface area contributed by atoms with Crippen LogP contribution in [0.15, 0.2) is 30.3 Å². The van der Waals surface area contributed by atoms with Crippen molar-refractivity contribution in [1.29, 1.82) is 0 Å². The second kappa shape index (κ2) is 5.62. The van der Waals surface area contributed by atoms with Crippen molar-refractivity contribution < 1.29 is 9.59 Å². The molecule has 1 amide bonds. The van der Waals surface area contributed by atoms with Crippen LogP contribution in [-0.4, -0.2) is 18.2 Å². The highest BCUT2D eigenvalue weighted by Gasteiger charge is 2.21. The number of benzene rings is 1. The van der Waals surface area contributed by atoms with E-state index in [1.165, 1.54) is 0 Å². The molecule has 0 saturated heterocycles. The largest absolute Gasteiger partial charge is 0.350 e. The van der Waals surface area contributed by atoms with Crippen LogP contribution in [0, 0.1) is 5.41 Å². The van der Waals surface area contributed by atoms with E-state index < -0.39 is 5.41 Å². The Morgan fingerprint density at radius 2 is 1.94 bits per heavy atom. The summed E-state index contributed by atoms with van der Waals surface area (Å²) < 4.78 is 0. The van der Waals surface area contributed by atoms with Crippen molar-refractivity contribution in [2.75, 3.05) is 0 Å². The Morgan fingerprint density at radius 1 is 1.35 bits per heavy atom. The van der Waals surface area contributed by atoms with Crippen molar-refractivity contribution in [3.8, 4) is 0 Å². The zero-order valence-electron chi connectivity index (χ0n) is 10.6. The highest BCUT2D eigenvalue weighted by Crippen LogP contribution is 2.18. The summed E-state index contributed by atoms with van der Waals surface area (Å²) in [6, 6.07) is 9.04. The van der Waals surface area contributed by atoms with Crippen LogP contribution in [0.25, 0.3) is 0 Å². The molecule has 1 aromatic rings. The van der Waals surface area contributed by atoms with Crippen LogP contribution < -0.4 is 5.32 Å². The summed E-state index contributed by atoms with van der Waals surface area (Å²) in [4.78, 5) is 22.6. The summed E-state index contributed by atoms with van der Waals surface area (Å²) in [7, 11) is 0. The van der Waals surface area contributed by atoms with Gasteiger partial charge in [-0.1, -0.05) is 32.0 Å². The van der Waals surface area contributed by atoms with Crippen molar-refractivity contribution in [2.24, 2.45) is 5.41 Å². The number of aldehydes is 1. The Kier molecular flexibility index (Phi) is 4.44. The lowest BCUT2D eigenvalue weighted by Crippen LogP contribution is -2.36. The minimum atomic E-state index is -0.399. The van der Waals surface area contributed by atoms with E-state index in [2.05, 4.69) is 5.32 Å². The first kappa shape index (κ1) is 13.4. The average Bonchev–Trinajstić information content (AvgIpc) is 2.29. The van der Waals surface area contributed by atoms with Crippen molar-refractivity contribution >= 4 is 12.2 Å². The van der Waals surface area contributed by atoms with E-state index in [1.807, 2.05) is 39.0 Å². The second-order valence-corrected chi connectivity index (χ2v) is 5.05. The SMILES string of the molecule is CC(CC(C)(C)C=O)NC(=O)c1ccccc1. The number of carbonyl (C=O) groups excluding carboxylic acids is 2. The maximum absolute atomic E-state index is 11.8. The Hall–Kier alpha value is -1.64. The molecule has 0 bridgehead atoms. The van der Waals surface area contributed by atoms with Crippen LogP contribution in [0.4, 0.5) is 0 Å². The van der Waals surface area contributed by atoms with E-state index in [0.29, 0.717) is 12.0 Å². The summed E-state index contributed by atoms with van der Waals surface area (Å²) in [6.45, 7) is 5.64. The highest BCUT2D eigenvalue weighted by atomic mass is 16.1. The first-order valence-electron chi connectivity index (χ1n) is 5.77. The van der Waals surface area contributed by atoms with Gasteiger partial charge >= 0.3 is 0 Å². The fraction of sp³-hybridized carbons (Fsp3) is 0.429. The zero-order chi connectivity index (χ0) is 12.9. The molecule has 0 fully saturated rings. The molecule has 0 saturated carbocycles. The minimum absolute atomic E-state index is 0.0251. The Bertz CT molecular complexity index is 384. The molecule has 1 rings (SSSR count). The van der Waals surface area contributed by atoms with E-state index >= 15 is 0 Å². The molecule has 0 aromatic heterocycles. The third kappa shape index (κ3) is 4.39. The minimum Gasteiger partial charge on any atom is -0.350 e.